The fourth-order valence-electron chi connectivity index (χ4n) is 1.55. The number of phenolic OH excluding ortho intramolecular Hbond substituents is 1. The molecule has 0 radical (unpaired) electrons. The van der Waals surface area contributed by atoms with E-state index in [0.717, 1.165) is 6.07 Å². The largest absolute Gasteiger partial charge is 0.508 e. The minimum Gasteiger partial charge on any atom is -0.508 e. The number of carboxylic acid groups (broad SMARTS) is 1. The van der Waals surface area contributed by atoms with Crippen LogP contribution in [0.4, 0.5) is 4.39 Å². The van der Waals surface area contributed by atoms with Crippen LogP contribution in [0.25, 0.3) is 0 Å². The van der Waals surface area contributed by atoms with Crippen LogP contribution < -0.4 is 0 Å². The summed E-state index contributed by atoms with van der Waals surface area (Å²) in [7, 11) is 0. The van der Waals surface area contributed by atoms with Gasteiger partial charge >= 0.3 is 5.97 Å². The Morgan fingerprint density at radius 1 is 1.50 bits per heavy atom. The summed E-state index contributed by atoms with van der Waals surface area (Å²) in [4.78, 5) is 10.7. The van der Waals surface area contributed by atoms with Crippen molar-refractivity contribution in [3.05, 3.63) is 28.5 Å². The number of phenols is 1. The minimum absolute atomic E-state index is 0.133. The quantitative estimate of drug-likeness (QED) is 0.862. The molecule has 0 aromatic heterocycles. The van der Waals surface area contributed by atoms with Crippen LogP contribution in [0, 0.1) is 5.82 Å². The van der Waals surface area contributed by atoms with Gasteiger partial charge in [0.1, 0.15) is 11.6 Å². The maximum Gasteiger partial charge on any atom is 0.304 e. The van der Waals surface area contributed by atoms with Crippen molar-refractivity contribution in [3.8, 4) is 5.75 Å². The highest BCUT2D eigenvalue weighted by Crippen LogP contribution is 2.36. The third-order valence-electron chi connectivity index (χ3n) is 2.36. The highest BCUT2D eigenvalue weighted by atomic mass is 35.5. The lowest BCUT2D eigenvalue weighted by atomic mass is 9.81. The average molecular weight is 247 g/mol. The zero-order valence-corrected chi connectivity index (χ0v) is 9.68. The molecule has 2 N–H and O–H groups in total. The van der Waals surface area contributed by atoms with Crippen molar-refractivity contribution < 1.29 is 19.4 Å². The summed E-state index contributed by atoms with van der Waals surface area (Å²) in [5.74, 6) is -2.01. The summed E-state index contributed by atoms with van der Waals surface area (Å²) in [6, 6.07) is 2.15. The van der Waals surface area contributed by atoms with E-state index in [1.54, 1.807) is 13.8 Å². The van der Waals surface area contributed by atoms with Crippen molar-refractivity contribution in [2.75, 3.05) is 0 Å². The Bertz CT molecular complexity index is 429. The van der Waals surface area contributed by atoms with Crippen molar-refractivity contribution in [1.82, 2.24) is 0 Å². The highest BCUT2D eigenvalue weighted by Gasteiger charge is 2.28. The summed E-state index contributed by atoms with van der Waals surface area (Å²) in [5.41, 5.74) is -0.492. The molecule has 5 heteroatoms. The van der Waals surface area contributed by atoms with Gasteiger partial charge in [-0.25, -0.2) is 4.39 Å². The van der Waals surface area contributed by atoms with Crippen molar-refractivity contribution >= 4 is 17.6 Å². The first-order valence-corrected chi connectivity index (χ1v) is 5.02. The number of carbonyl (C=O) groups is 1. The third-order valence-corrected chi connectivity index (χ3v) is 2.65. The second kappa shape index (κ2) is 4.29. The number of hydrogen-bond donors (Lipinski definition) is 2. The van der Waals surface area contributed by atoms with Crippen molar-refractivity contribution in [3.63, 3.8) is 0 Å². The standard InChI is InChI=1S/C11H12ClFO3/c1-11(2,5-10(15)16)6-3-7(12)8(13)4-9(6)14/h3-4,14H,5H2,1-2H3,(H,15,16). The van der Waals surface area contributed by atoms with Gasteiger partial charge in [-0.15, -0.1) is 0 Å². The van der Waals surface area contributed by atoms with Crippen LogP contribution in [-0.4, -0.2) is 16.2 Å². The van der Waals surface area contributed by atoms with Gasteiger partial charge in [-0.2, -0.15) is 0 Å². The number of aliphatic carboxylic acids is 1. The highest BCUT2D eigenvalue weighted by molar-refractivity contribution is 6.30. The van der Waals surface area contributed by atoms with E-state index in [9.17, 15) is 14.3 Å². The van der Waals surface area contributed by atoms with Crippen LogP contribution in [0.15, 0.2) is 12.1 Å². The molecule has 0 unspecified atom stereocenters. The fourth-order valence-corrected chi connectivity index (χ4v) is 1.72. The molecule has 0 aliphatic carbocycles. The topological polar surface area (TPSA) is 57.5 Å². The van der Waals surface area contributed by atoms with E-state index < -0.39 is 17.2 Å². The summed E-state index contributed by atoms with van der Waals surface area (Å²) in [6.07, 6.45) is -0.178. The van der Waals surface area contributed by atoms with E-state index in [2.05, 4.69) is 0 Å². The Hall–Kier alpha value is -1.29. The molecule has 1 aromatic rings. The number of carboxylic acids is 1. The van der Waals surface area contributed by atoms with Crippen LogP contribution in [0.5, 0.6) is 5.75 Å². The first-order valence-electron chi connectivity index (χ1n) is 4.64. The van der Waals surface area contributed by atoms with Crippen LogP contribution in [-0.2, 0) is 10.2 Å². The van der Waals surface area contributed by atoms with Crippen molar-refractivity contribution in [2.24, 2.45) is 0 Å². The van der Waals surface area contributed by atoms with Crippen LogP contribution in [0.2, 0.25) is 5.02 Å². The van der Waals surface area contributed by atoms with E-state index in [1.807, 2.05) is 0 Å². The molecule has 1 aromatic carbocycles. The predicted octanol–water partition coefficient (Wildman–Crippen LogP) is 2.94. The molecule has 16 heavy (non-hydrogen) atoms. The van der Waals surface area contributed by atoms with E-state index in [0.29, 0.717) is 5.56 Å². The Morgan fingerprint density at radius 3 is 2.56 bits per heavy atom. The molecule has 0 aliphatic rings. The van der Waals surface area contributed by atoms with Crippen LogP contribution >= 0.6 is 11.6 Å². The number of aromatic hydroxyl groups is 1. The summed E-state index contributed by atoms with van der Waals surface area (Å²) >= 11 is 5.59. The smallest absolute Gasteiger partial charge is 0.304 e. The Kier molecular flexibility index (Phi) is 3.43. The molecule has 88 valence electrons. The molecule has 0 fully saturated rings. The molecule has 0 aliphatic heterocycles. The van der Waals surface area contributed by atoms with E-state index >= 15 is 0 Å². The van der Waals surface area contributed by atoms with Gasteiger partial charge in [0.05, 0.1) is 11.4 Å². The Balaban J connectivity index is 3.22. The second-order valence-electron chi connectivity index (χ2n) is 4.24. The van der Waals surface area contributed by atoms with Gasteiger partial charge in [-0.1, -0.05) is 25.4 Å². The first-order chi connectivity index (χ1) is 7.24. The van der Waals surface area contributed by atoms with Crippen molar-refractivity contribution in [2.45, 2.75) is 25.7 Å². The maximum atomic E-state index is 13.0. The molecule has 0 amide bonds. The number of rotatable bonds is 3. The second-order valence-corrected chi connectivity index (χ2v) is 4.65. The monoisotopic (exact) mass is 246 g/mol. The molecule has 0 saturated carbocycles. The Morgan fingerprint density at radius 2 is 2.06 bits per heavy atom. The molecule has 1 rings (SSSR count). The lowest BCUT2D eigenvalue weighted by molar-refractivity contribution is -0.138. The zero-order chi connectivity index (χ0) is 12.5. The van der Waals surface area contributed by atoms with Crippen LogP contribution in [0.3, 0.4) is 0 Å². The van der Waals surface area contributed by atoms with Crippen molar-refractivity contribution in [1.29, 1.82) is 0 Å². The van der Waals surface area contributed by atoms with Gasteiger partial charge in [-0.05, 0) is 6.07 Å². The summed E-state index contributed by atoms with van der Waals surface area (Å²) in [6.45, 7) is 3.29. The zero-order valence-electron chi connectivity index (χ0n) is 8.92. The van der Waals surface area contributed by atoms with Gasteiger partial charge in [-0.3, -0.25) is 4.79 Å². The molecular formula is C11H12ClFO3. The third kappa shape index (κ3) is 2.64. The number of benzene rings is 1. The number of halogens is 2. The average Bonchev–Trinajstić information content (AvgIpc) is 2.08. The van der Waals surface area contributed by atoms with E-state index in [4.69, 9.17) is 16.7 Å². The predicted molar refractivity (Wildman–Crippen MR) is 58.4 cm³/mol. The van der Waals surface area contributed by atoms with Gasteiger partial charge in [0, 0.05) is 17.0 Å². The SMILES string of the molecule is CC(C)(CC(=O)O)c1cc(Cl)c(F)cc1O. The minimum atomic E-state index is -0.996. The maximum absolute atomic E-state index is 13.0. The molecule has 0 heterocycles. The lowest BCUT2D eigenvalue weighted by Gasteiger charge is -2.24. The molecule has 0 bridgehead atoms. The van der Waals surface area contributed by atoms with Gasteiger partial charge < -0.3 is 10.2 Å². The molecule has 0 saturated heterocycles. The van der Waals surface area contributed by atoms with E-state index in [-0.39, 0.29) is 17.2 Å². The van der Waals surface area contributed by atoms with Gasteiger partial charge in [0.25, 0.3) is 0 Å². The van der Waals surface area contributed by atoms with E-state index in [1.165, 1.54) is 6.07 Å². The van der Waals surface area contributed by atoms with Gasteiger partial charge in [0.15, 0.2) is 0 Å². The fraction of sp³-hybridized carbons (Fsp3) is 0.364. The lowest BCUT2D eigenvalue weighted by Crippen LogP contribution is -2.21. The van der Waals surface area contributed by atoms with Gasteiger partial charge in [0.2, 0.25) is 0 Å². The molecule has 0 spiro atoms. The normalized spacial score (nSPS) is 11.5. The summed E-state index contributed by atoms with van der Waals surface area (Å²) < 4.78 is 13.0. The van der Waals surface area contributed by atoms with Crippen LogP contribution in [0.1, 0.15) is 25.8 Å². The number of hydrogen-bond acceptors (Lipinski definition) is 2. The summed E-state index contributed by atoms with van der Waals surface area (Å²) in [5, 5.41) is 18.2. The first kappa shape index (κ1) is 12.8. The Labute approximate surface area is 97.5 Å². The molecular weight excluding hydrogens is 235 g/mol. The molecule has 0 atom stereocenters. The molecule has 3 nitrogen and oxygen atoms in total.